The van der Waals surface area contributed by atoms with Gasteiger partial charge in [0.15, 0.2) is 11.5 Å². The maximum Gasteiger partial charge on any atom is 0.254 e. The number of halogens is 2. The summed E-state index contributed by atoms with van der Waals surface area (Å²) in [7, 11) is 3.03. The Hall–Kier alpha value is -3.16. The van der Waals surface area contributed by atoms with E-state index in [9.17, 15) is 18.4 Å². The summed E-state index contributed by atoms with van der Waals surface area (Å²) in [5, 5.41) is 2.75. The summed E-state index contributed by atoms with van der Waals surface area (Å²) in [6.45, 7) is 0.897. The van der Waals surface area contributed by atoms with Gasteiger partial charge in [-0.1, -0.05) is 0 Å². The van der Waals surface area contributed by atoms with Gasteiger partial charge in [-0.05, 0) is 43.2 Å². The number of ether oxygens (including phenoxy) is 2. The van der Waals surface area contributed by atoms with Crippen LogP contribution in [0.1, 0.15) is 33.6 Å². The van der Waals surface area contributed by atoms with Crippen molar-refractivity contribution in [2.45, 2.75) is 18.9 Å². The number of hydrogen-bond acceptors (Lipinski definition) is 4. The van der Waals surface area contributed by atoms with Gasteiger partial charge in [-0.2, -0.15) is 0 Å². The van der Waals surface area contributed by atoms with Crippen LogP contribution in [0.4, 0.5) is 8.78 Å². The number of amides is 2. The normalized spacial score (nSPS) is 14.4. The van der Waals surface area contributed by atoms with Crippen molar-refractivity contribution in [1.82, 2.24) is 10.2 Å². The standard InChI is InChI=1S/C21H22F2N2O4/c1-28-18-6-3-13(11-19(18)29-2)21(27)25-9-7-15(8-10-25)24-20(26)16-5-4-14(22)12-17(16)23/h3-6,11-12,15H,7-10H2,1-2H3,(H,24,26). The second kappa shape index (κ2) is 8.89. The van der Waals surface area contributed by atoms with Crippen molar-refractivity contribution < 1.29 is 27.8 Å². The largest absolute Gasteiger partial charge is 0.493 e. The summed E-state index contributed by atoms with van der Waals surface area (Å²) in [4.78, 5) is 26.7. The SMILES string of the molecule is COc1ccc(C(=O)N2CCC(NC(=O)c3ccc(F)cc3F)CC2)cc1OC. The van der Waals surface area contributed by atoms with Crippen LogP contribution < -0.4 is 14.8 Å². The summed E-state index contributed by atoms with van der Waals surface area (Å²) in [6, 6.07) is 7.64. The van der Waals surface area contributed by atoms with E-state index in [0.717, 1.165) is 12.1 Å². The molecule has 1 saturated heterocycles. The van der Waals surface area contributed by atoms with E-state index in [4.69, 9.17) is 9.47 Å². The van der Waals surface area contributed by atoms with Gasteiger partial charge in [0.05, 0.1) is 19.8 Å². The number of methoxy groups -OCH3 is 2. The second-order valence-electron chi connectivity index (χ2n) is 6.73. The van der Waals surface area contributed by atoms with Crippen molar-refractivity contribution in [2.24, 2.45) is 0 Å². The average molecular weight is 404 g/mol. The fourth-order valence-corrected chi connectivity index (χ4v) is 3.32. The molecule has 0 atom stereocenters. The molecular formula is C21H22F2N2O4. The molecule has 2 amide bonds. The van der Waals surface area contributed by atoms with Crippen molar-refractivity contribution >= 4 is 11.8 Å². The first kappa shape index (κ1) is 20.6. The molecule has 1 N–H and O–H groups in total. The Bertz CT molecular complexity index is 912. The molecule has 1 heterocycles. The van der Waals surface area contributed by atoms with Crippen LogP contribution in [-0.4, -0.2) is 50.1 Å². The molecule has 0 bridgehead atoms. The van der Waals surface area contributed by atoms with Gasteiger partial charge in [-0.25, -0.2) is 8.78 Å². The Morgan fingerprint density at radius 2 is 1.69 bits per heavy atom. The van der Waals surface area contributed by atoms with Crippen LogP contribution in [0.15, 0.2) is 36.4 Å². The molecule has 1 fully saturated rings. The molecule has 0 aromatic heterocycles. The Kier molecular flexibility index (Phi) is 6.31. The summed E-state index contributed by atoms with van der Waals surface area (Å²) >= 11 is 0. The minimum atomic E-state index is -0.899. The zero-order valence-electron chi connectivity index (χ0n) is 16.2. The highest BCUT2D eigenvalue weighted by Crippen LogP contribution is 2.28. The summed E-state index contributed by atoms with van der Waals surface area (Å²) in [6.07, 6.45) is 1.07. The Morgan fingerprint density at radius 3 is 2.31 bits per heavy atom. The van der Waals surface area contributed by atoms with E-state index in [0.29, 0.717) is 49.1 Å². The Balaban J connectivity index is 1.58. The predicted octanol–water partition coefficient (Wildman–Crippen LogP) is 3.02. The lowest BCUT2D eigenvalue weighted by molar-refractivity contribution is 0.0697. The van der Waals surface area contributed by atoms with Gasteiger partial charge >= 0.3 is 0 Å². The van der Waals surface area contributed by atoms with Crippen molar-refractivity contribution in [3.05, 3.63) is 59.2 Å². The number of piperidine rings is 1. The second-order valence-corrected chi connectivity index (χ2v) is 6.73. The van der Waals surface area contributed by atoms with Crippen molar-refractivity contribution in [2.75, 3.05) is 27.3 Å². The fourth-order valence-electron chi connectivity index (χ4n) is 3.32. The molecular weight excluding hydrogens is 382 g/mol. The first-order chi connectivity index (χ1) is 13.9. The van der Waals surface area contributed by atoms with E-state index >= 15 is 0 Å². The molecule has 2 aromatic rings. The lowest BCUT2D eigenvalue weighted by Crippen LogP contribution is -2.46. The average Bonchev–Trinajstić information content (AvgIpc) is 2.73. The van der Waals surface area contributed by atoms with Gasteiger partial charge in [0, 0.05) is 30.8 Å². The number of carbonyl (C=O) groups excluding carboxylic acids is 2. The number of rotatable bonds is 5. The van der Waals surface area contributed by atoms with Gasteiger partial charge < -0.3 is 19.7 Å². The van der Waals surface area contributed by atoms with E-state index in [2.05, 4.69) is 5.32 Å². The van der Waals surface area contributed by atoms with Crippen LogP contribution >= 0.6 is 0 Å². The minimum Gasteiger partial charge on any atom is -0.493 e. The van der Waals surface area contributed by atoms with Gasteiger partial charge in [0.1, 0.15) is 11.6 Å². The van der Waals surface area contributed by atoms with Crippen molar-refractivity contribution in [3.8, 4) is 11.5 Å². The highest BCUT2D eigenvalue weighted by molar-refractivity contribution is 5.95. The number of benzene rings is 2. The highest BCUT2D eigenvalue weighted by atomic mass is 19.1. The van der Waals surface area contributed by atoms with E-state index in [-0.39, 0.29) is 17.5 Å². The molecule has 0 radical (unpaired) electrons. The van der Waals surface area contributed by atoms with Crippen molar-refractivity contribution in [1.29, 1.82) is 0 Å². The first-order valence-corrected chi connectivity index (χ1v) is 9.20. The molecule has 29 heavy (non-hydrogen) atoms. The maximum absolute atomic E-state index is 13.8. The molecule has 3 rings (SSSR count). The molecule has 6 nitrogen and oxygen atoms in total. The zero-order valence-corrected chi connectivity index (χ0v) is 16.2. The van der Waals surface area contributed by atoms with E-state index < -0.39 is 17.5 Å². The summed E-state index contributed by atoms with van der Waals surface area (Å²) in [5.41, 5.74) is 0.286. The Labute approximate surface area is 167 Å². The molecule has 8 heteroatoms. The number of carbonyl (C=O) groups is 2. The number of nitrogens with zero attached hydrogens (tertiary/aromatic N) is 1. The quantitative estimate of drug-likeness (QED) is 0.832. The lowest BCUT2D eigenvalue weighted by Gasteiger charge is -2.32. The fraction of sp³-hybridized carbons (Fsp3) is 0.333. The predicted molar refractivity (Wildman–Crippen MR) is 102 cm³/mol. The van der Waals surface area contributed by atoms with Crippen LogP contribution in [0.5, 0.6) is 11.5 Å². The van der Waals surface area contributed by atoms with Gasteiger partial charge in [0.2, 0.25) is 0 Å². The third-order valence-corrected chi connectivity index (χ3v) is 4.92. The van der Waals surface area contributed by atoms with Crippen LogP contribution in [0.2, 0.25) is 0 Å². The van der Waals surface area contributed by atoms with Gasteiger partial charge in [-0.15, -0.1) is 0 Å². The molecule has 154 valence electrons. The first-order valence-electron chi connectivity index (χ1n) is 9.20. The van der Waals surface area contributed by atoms with Gasteiger partial charge in [-0.3, -0.25) is 9.59 Å². The molecule has 1 aliphatic rings. The highest BCUT2D eigenvalue weighted by Gasteiger charge is 2.26. The molecule has 0 spiro atoms. The topological polar surface area (TPSA) is 67.9 Å². The van der Waals surface area contributed by atoms with E-state index in [1.165, 1.54) is 14.2 Å². The van der Waals surface area contributed by atoms with Crippen LogP contribution in [0.3, 0.4) is 0 Å². The Morgan fingerprint density at radius 1 is 1.00 bits per heavy atom. The van der Waals surface area contributed by atoms with Crippen LogP contribution in [-0.2, 0) is 0 Å². The smallest absolute Gasteiger partial charge is 0.254 e. The number of likely N-dealkylation sites (tertiary alicyclic amines) is 1. The molecule has 2 aromatic carbocycles. The van der Waals surface area contributed by atoms with Gasteiger partial charge in [0.25, 0.3) is 11.8 Å². The van der Waals surface area contributed by atoms with E-state index in [1.807, 2.05) is 0 Å². The van der Waals surface area contributed by atoms with Crippen LogP contribution in [0, 0.1) is 11.6 Å². The third-order valence-electron chi connectivity index (χ3n) is 4.92. The lowest BCUT2D eigenvalue weighted by atomic mass is 10.0. The molecule has 0 saturated carbocycles. The maximum atomic E-state index is 13.8. The molecule has 0 aliphatic carbocycles. The number of hydrogen-bond donors (Lipinski definition) is 1. The zero-order chi connectivity index (χ0) is 21.0. The van der Waals surface area contributed by atoms with Crippen molar-refractivity contribution in [3.63, 3.8) is 0 Å². The minimum absolute atomic E-state index is 0.139. The molecule has 0 unspecified atom stereocenters. The van der Waals surface area contributed by atoms with Crippen LogP contribution in [0.25, 0.3) is 0 Å². The summed E-state index contributed by atoms with van der Waals surface area (Å²) in [5.74, 6) is -1.35. The van der Waals surface area contributed by atoms with E-state index in [1.54, 1.807) is 23.1 Å². The third kappa shape index (κ3) is 4.64. The molecule has 1 aliphatic heterocycles. The number of nitrogens with one attached hydrogen (secondary N) is 1. The summed E-state index contributed by atoms with van der Waals surface area (Å²) < 4.78 is 37.2. The monoisotopic (exact) mass is 404 g/mol.